The van der Waals surface area contributed by atoms with Gasteiger partial charge in [-0.25, -0.2) is 0 Å². The number of carbonyl (C=O) groups is 1. The predicted molar refractivity (Wildman–Crippen MR) is 89.4 cm³/mol. The Morgan fingerprint density at radius 1 is 1.18 bits per heavy atom. The minimum absolute atomic E-state index is 0.0465. The zero-order chi connectivity index (χ0) is 15.8. The third-order valence-electron chi connectivity index (χ3n) is 3.15. The standard InChI is InChI=1S/C17H19ClN2O2/c1-22-16-8-3-2-5-13(16)12-19-10-9-17(21)20-15-7-4-6-14(18)11-15/h2-8,11,19H,9-10,12H2,1H3,(H,20,21). The number of carbonyl (C=O) groups excluding carboxylic acids is 1. The average molecular weight is 319 g/mol. The van der Waals surface area contributed by atoms with E-state index in [2.05, 4.69) is 10.6 Å². The van der Waals surface area contributed by atoms with Gasteiger partial charge in [-0.1, -0.05) is 35.9 Å². The maximum Gasteiger partial charge on any atom is 0.225 e. The quantitative estimate of drug-likeness (QED) is 0.769. The number of hydrogen-bond acceptors (Lipinski definition) is 3. The van der Waals surface area contributed by atoms with Gasteiger partial charge in [0.05, 0.1) is 7.11 Å². The normalized spacial score (nSPS) is 10.3. The van der Waals surface area contributed by atoms with Crippen LogP contribution in [0.1, 0.15) is 12.0 Å². The molecule has 22 heavy (non-hydrogen) atoms. The lowest BCUT2D eigenvalue weighted by Crippen LogP contribution is -2.21. The van der Waals surface area contributed by atoms with Crippen LogP contribution in [0, 0.1) is 0 Å². The molecule has 5 heteroatoms. The van der Waals surface area contributed by atoms with Crippen LogP contribution in [0.3, 0.4) is 0 Å². The fourth-order valence-electron chi connectivity index (χ4n) is 2.06. The van der Waals surface area contributed by atoms with Crippen LogP contribution in [0.4, 0.5) is 5.69 Å². The van der Waals surface area contributed by atoms with Gasteiger partial charge in [-0.15, -0.1) is 0 Å². The molecule has 0 aliphatic carbocycles. The number of hydrogen-bond donors (Lipinski definition) is 2. The number of benzene rings is 2. The lowest BCUT2D eigenvalue weighted by Gasteiger charge is -2.09. The van der Waals surface area contributed by atoms with Crippen molar-refractivity contribution in [3.05, 3.63) is 59.1 Å². The van der Waals surface area contributed by atoms with E-state index in [0.29, 0.717) is 30.2 Å². The highest BCUT2D eigenvalue weighted by Gasteiger charge is 2.04. The van der Waals surface area contributed by atoms with Crippen LogP contribution < -0.4 is 15.4 Å². The van der Waals surface area contributed by atoms with E-state index in [4.69, 9.17) is 16.3 Å². The van der Waals surface area contributed by atoms with Gasteiger partial charge >= 0.3 is 0 Å². The van der Waals surface area contributed by atoms with Gasteiger partial charge in [-0.3, -0.25) is 4.79 Å². The summed E-state index contributed by atoms with van der Waals surface area (Å²) in [6.07, 6.45) is 0.391. The summed E-state index contributed by atoms with van der Waals surface area (Å²) in [6.45, 7) is 1.25. The summed E-state index contributed by atoms with van der Waals surface area (Å²) < 4.78 is 5.28. The number of amides is 1. The van der Waals surface area contributed by atoms with Crippen molar-refractivity contribution < 1.29 is 9.53 Å². The minimum atomic E-state index is -0.0465. The van der Waals surface area contributed by atoms with E-state index in [9.17, 15) is 4.79 Å². The van der Waals surface area contributed by atoms with Crippen LogP contribution >= 0.6 is 11.6 Å². The number of methoxy groups -OCH3 is 1. The first kappa shape index (κ1) is 16.3. The van der Waals surface area contributed by atoms with Gasteiger partial charge in [0.25, 0.3) is 0 Å². The lowest BCUT2D eigenvalue weighted by molar-refractivity contribution is -0.116. The molecule has 0 bridgehead atoms. The zero-order valence-corrected chi connectivity index (χ0v) is 13.2. The van der Waals surface area contributed by atoms with E-state index in [1.165, 1.54) is 0 Å². The Kier molecular flexibility index (Phi) is 6.25. The van der Waals surface area contributed by atoms with Crippen molar-refractivity contribution in [1.82, 2.24) is 5.32 Å². The van der Waals surface area contributed by atoms with Crippen molar-refractivity contribution in [1.29, 1.82) is 0 Å². The Morgan fingerprint density at radius 3 is 2.77 bits per heavy atom. The summed E-state index contributed by atoms with van der Waals surface area (Å²) in [5, 5.41) is 6.66. The third kappa shape index (κ3) is 5.06. The fraction of sp³-hybridized carbons (Fsp3) is 0.235. The minimum Gasteiger partial charge on any atom is -0.496 e. The predicted octanol–water partition coefficient (Wildman–Crippen LogP) is 3.47. The second-order valence-electron chi connectivity index (χ2n) is 4.80. The molecular formula is C17H19ClN2O2. The first-order chi connectivity index (χ1) is 10.7. The number of rotatable bonds is 7. The van der Waals surface area contributed by atoms with Crippen LogP contribution in [0.15, 0.2) is 48.5 Å². The van der Waals surface area contributed by atoms with Crippen molar-refractivity contribution in [2.24, 2.45) is 0 Å². The van der Waals surface area contributed by atoms with Gasteiger partial charge in [0.2, 0.25) is 5.91 Å². The van der Waals surface area contributed by atoms with Crippen LogP contribution in [-0.4, -0.2) is 19.6 Å². The fourth-order valence-corrected chi connectivity index (χ4v) is 2.25. The van der Waals surface area contributed by atoms with Crippen LogP contribution in [0.5, 0.6) is 5.75 Å². The molecule has 2 N–H and O–H groups in total. The molecule has 0 saturated heterocycles. The van der Waals surface area contributed by atoms with E-state index in [1.807, 2.05) is 30.3 Å². The molecule has 0 aliphatic rings. The molecule has 2 aromatic carbocycles. The van der Waals surface area contributed by atoms with E-state index in [1.54, 1.807) is 25.3 Å². The Bertz CT molecular complexity index is 632. The van der Waals surface area contributed by atoms with Crippen molar-refractivity contribution in [3.63, 3.8) is 0 Å². The molecule has 0 unspecified atom stereocenters. The van der Waals surface area contributed by atoms with Crippen molar-refractivity contribution in [2.45, 2.75) is 13.0 Å². The maximum absolute atomic E-state index is 11.8. The number of halogens is 1. The SMILES string of the molecule is COc1ccccc1CNCCC(=O)Nc1cccc(Cl)c1. The third-order valence-corrected chi connectivity index (χ3v) is 3.38. The van der Waals surface area contributed by atoms with Gasteiger partial charge in [0.15, 0.2) is 0 Å². The molecule has 0 saturated carbocycles. The maximum atomic E-state index is 11.8. The molecule has 0 aromatic heterocycles. The lowest BCUT2D eigenvalue weighted by atomic mass is 10.2. The molecule has 4 nitrogen and oxygen atoms in total. The number of nitrogens with one attached hydrogen (secondary N) is 2. The van der Waals surface area contributed by atoms with Crippen LogP contribution in [-0.2, 0) is 11.3 Å². The second kappa shape index (κ2) is 8.41. The van der Waals surface area contributed by atoms with Gasteiger partial charge in [0, 0.05) is 35.8 Å². The molecule has 2 rings (SSSR count). The Balaban J connectivity index is 1.73. The molecule has 0 fully saturated rings. The monoisotopic (exact) mass is 318 g/mol. The van der Waals surface area contributed by atoms with Gasteiger partial charge in [0.1, 0.15) is 5.75 Å². The van der Waals surface area contributed by atoms with E-state index in [-0.39, 0.29) is 5.91 Å². The summed E-state index contributed by atoms with van der Waals surface area (Å²) in [5.74, 6) is 0.799. The molecule has 0 aliphatic heterocycles. The summed E-state index contributed by atoms with van der Waals surface area (Å²) >= 11 is 5.88. The summed E-state index contributed by atoms with van der Waals surface area (Å²) in [7, 11) is 1.65. The number of para-hydroxylation sites is 1. The Hall–Kier alpha value is -2.04. The van der Waals surface area contributed by atoms with E-state index < -0.39 is 0 Å². The average Bonchev–Trinajstić information content (AvgIpc) is 2.52. The van der Waals surface area contributed by atoms with E-state index in [0.717, 1.165) is 11.3 Å². The summed E-state index contributed by atoms with van der Waals surface area (Å²) in [6, 6.07) is 14.9. The highest BCUT2D eigenvalue weighted by Crippen LogP contribution is 2.17. The molecule has 1 amide bonds. The number of anilines is 1. The molecule has 116 valence electrons. The summed E-state index contributed by atoms with van der Waals surface area (Å²) in [4.78, 5) is 11.8. The first-order valence-corrected chi connectivity index (χ1v) is 7.45. The molecule has 0 heterocycles. The van der Waals surface area contributed by atoms with Gasteiger partial charge < -0.3 is 15.4 Å². The molecule has 0 spiro atoms. The first-order valence-electron chi connectivity index (χ1n) is 7.07. The molecule has 0 atom stereocenters. The van der Waals surface area contributed by atoms with Crippen LogP contribution in [0.2, 0.25) is 5.02 Å². The molecule has 2 aromatic rings. The zero-order valence-electron chi connectivity index (χ0n) is 12.4. The Labute approximate surface area is 135 Å². The van der Waals surface area contributed by atoms with Gasteiger partial charge in [-0.2, -0.15) is 0 Å². The molecule has 0 radical (unpaired) electrons. The van der Waals surface area contributed by atoms with Crippen molar-refractivity contribution in [3.8, 4) is 5.75 Å². The topological polar surface area (TPSA) is 50.4 Å². The highest BCUT2D eigenvalue weighted by molar-refractivity contribution is 6.30. The van der Waals surface area contributed by atoms with Crippen molar-refractivity contribution in [2.75, 3.05) is 19.0 Å². The Morgan fingerprint density at radius 2 is 2.00 bits per heavy atom. The largest absolute Gasteiger partial charge is 0.496 e. The number of ether oxygens (including phenoxy) is 1. The highest BCUT2D eigenvalue weighted by atomic mass is 35.5. The van der Waals surface area contributed by atoms with Crippen molar-refractivity contribution >= 4 is 23.2 Å². The van der Waals surface area contributed by atoms with E-state index >= 15 is 0 Å². The summed E-state index contributed by atoms with van der Waals surface area (Å²) in [5.41, 5.74) is 1.78. The smallest absolute Gasteiger partial charge is 0.225 e. The second-order valence-corrected chi connectivity index (χ2v) is 5.23. The van der Waals surface area contributed by atoms with Gasteiger partial charge in [-0.05, 0) is 24.3 Å². The van der Waals surface area contributed by atoms with Crippen LogP contribution in [0.25, 0.3) is 0 Å². The molecular weight excluding hydrogens is 300 g/mol.